The molecule has 1 atom stereocenters. The lowest BCUT2D eigenvalue weighted by atomic mass is 10.2. The molecule has 3 N–H and O–H groups in total. The van der Waals surface area contributed by atoms with E-state index < -0.39 is 35.3 Å². The van der Waals surface area contributed by atoms with Gasteiger partial charge in [0.25, 0.3) is 0 Å². The molecule has 0 aliphatic carbocycles. The van der Waals surface area contributed by atoms with Crippen LogP contribution in [0.5, 0.6) is 0 Å². The molecule has 6 nitrogen and oxygen atoms in total. The van der Waals surface area contributed by atoms with E-state index in [1.165, 1.54) is 19.1 Å². The Morgan fingerprint density at radius 2 is 1.66 bits per heavy atom. The van der Waals surface area contributed by atoms with Crippen molar-refractivity contribution in [2.24, 2.45) is 0 Å². The Morgan fingerprint density at radius 3 is 2.24 bits per heavy atom. The summed E-state index contributed by atoms with van der Waals surface area (Å²) in [5, 5.41) is 8.24. The minimum atomic E-state index is -0.903. The molecule has 0 heterocycles. The number of benzene rings is 2. The number of alkyl carbamates (subject to hydrolysis) is 1. The van der Waals surface area contributed by atoms with Crippen LogP contribution in [0.4, 0.5) is 30.6 Å². The summed E-state index contributed by atoms with van der Waals surface area (Å²) in [5.74, 6) is -2.03. The van der Waals surface area contributed by atoms with Gasteiger partial charge in [-0.2, -0.15) is 0 Å². The van der Waals surface area contributed by atoms with Gasteiger partial charge >= 0.3 is 6.09 Å². The average molecular weight is 426 g/mol. The lowest BCUT2D eigenvalue weighted by molar-refractivity contribution is -0.117. The predicted octanol–water partition coefficient (Wildman–Crippen LogP) is 5.21. The number of carbonyl (C=O) groups is 2. The maximum Gasteiger partial charge on any atom is 0.408 e. The topological polar surface area (TPSA) is 79.5 Å². The molecule has 2 rings (SSSR count). The van der Waals surface area contributed by atoms with E-state index in [0.29, 0.717) is 16.4 Å². The van der Waals surface area contributed by atoms with Crippen molar-refractivity contribution in [3.05, 3.63) is 53.1 Å². The Kier molecular flexibility index (Phi) is 7.02. The number of rotatable bonds is 5. The molecule has 0 saturated heterocycles. The van der Waals surface area contributed by atoms with Gasteiger partial charge in [-0.1, -0.05) is 11.6 Å². The second-order valence-electron chi connectivity index (χ2n) is 7.33. The smallest absolute Gasteiger partial charge is 0.408 e. The summed E-state index contributed by atoms with van der Waals surface area (Å²) in [6, 6.07) is 6.60. The normalized spacial score (nSPS) is 12.1. The fourth-order valence-corrected chi connectivity index (χ4v) is 2.47. The van der Waals surface area contributed by atoms with Gasteiger partial charge in [0.05, 0.1) is 11.4 Å². The lowest BCUT2D eigenvalue weighted by Crippen LogP contribution is -2.44. The van der Waals surface area contributed by atoms with Gasteiger partial charge in [-0.15, -0.1) is 0 Å². The Labute approximate surface area is 172 Å². The Balaban J connectivity index is 2.14. The first-order chi connectivity index (χ1) is 13.4. The molecule has 2 aromatic carbocycles. The summed E-state index contributed by atoms with van der Waals surface area (Å²) in [6.07, 6.45) is -0.732. The second-order valence-corrected chi connectivity index (χ2v) is 7.77. The zero-order valence-corrected chi connectivity index (χ0v) is 17.2. The van der Waals surface area contributed by atoms with Crippen molar-refractivity contribution in [2.45, 2.75) is 39.3 Å². The van der Waals surface area contributed by atoms with E-state index in [0.717, 1.165) is 18.2 Å². The Morgan fingerprint density at radius 1 is 1.03 bits per heavy atom. The number of ether oxygens (including phenoxy) is 1. The zero-order valence-electron chi connectivity index (χ0n) is 16.4. The third kappa shape index (κ3) is 7.23. The van der Waals surface area contributed by atoms with Gasteiger partial charge in [-0.3, -0.25) is 4.79 Å². The molecule has 2 amide bonds. The first-order valence-corrected chi connectivity index (χ1v) is 9.14. The highest BCUT2D eigenvalue weighted by atomic mass is 35.5. The van der Waals surface area contributed by atoms with Crippen LogP contribution in [0.3, 0.4) is 0 Å². The van der Waals surface area contributed by atoms with Crippen LogP contribution >= 0.6 is 11.6 Å². The van der Waals surface area contributed by atoms with Crippen LogP contribution in [0.1, 0.15) is 27.7 Å². The molecule has 0 bridgehead atoms. The zero-order chi connectivity index (χ0) is 21.8. The number of halogens is 3. The summed E-state index contributed by atoms with van der Waals surface area (Å²) in [7, 11) is 0. The molecule has 2 aromatic rings. The Bertz CT molecular complexity index is 896. The molecular formula is C20H22ClF2N3O3. The molecule has 0 radical (unpaired) electrons. The van der Waals surface area contributed by atoms with Gasteiger partial charge < -0.3 is 20.7 Å². The van der Waals surface area contributed by atoms with E-state index >= 15 is 0 Å². The third-order valence-electron chi connectivity index (χ3n) is 3.51. The third-order valence-corrected chi connectivity index (χ3v) is 3.74. The van der Waals surface area contributed by atoms with Gasteiger partial charge in [0.15, 0.2) is 0 Å². The average Bonchev–Trinajstić information content (AvgIpc) is 2.54. The van der Waals surface area contributed by atoms with Gasteiger partial charge in [0.2, 0.25) is 5.91 Å². The largest absolute Gasteiger partial charge is 0.444 e. The number of nitrogens with one attached hydrogen (secondary N) is 3. The van der Waals surface area contributed by atoms with Crippen LogP contribution in [-0.4, -0.2) is 23.6 Å². The van der Waals surface area contributed by atoms with Crippen molar-refractivity contribution in [2.75, 3.05) is 10.6 Å². The van der Waals surface area contributed by atoms with Gasteiger partial charge in [-0.05, 0) is 58.0 Å². The molecule has 0 aliphatic heterocycles. The first kappa shape index (κ1) is 22.4. The van der Waals surface area contributed by atoms with Gasteiger partial charge in [0.1, 0.15) is 23.3 Å². The van der Waals surface area contributed by atoms with Crippen molar-refractivity contribution in [1.82, 2.24) is 5.32 Å². The highest BCUT2D eigenvalue weighted by molar-refractivity contribution is 6.31. The summed E-state index contributed by atoms with van der Waals surface area (Å²) in [4.78, 5) is 24.3. The van der Waals surface area contributed by atoms with E-state index in [9.17, 15) is 18.4 Å². The summed E-state index contributed by atoms with van der Waals surface area (Å²) in [5.41, 5.74) is 0.0655. The molecule has 0 aliphatic rings. The van der Waals surface area contributed by atoms with Crippen LogP contribution in [0.25, 0.3) is 0 Å². The maximum absolute atomic E-state index is 13.4. The van der Waals surface area contributed by atoms with Crippen molar-refractivity contribution >= 4 is 40.7 Å². The molecule has 0 spiro atoms. The fraction of sp³-hybridized carbons (Fsp3) is 0.300. The van der Waals surface area contributed by atoms with E-state index in [-0.39, 0.29) is 5.69 Å². The van der Waals surface area contributed by atoms with Crippen molar-refractivity contribution < 1.29 is 23.1 Å². The number of amides is 2. The standard InChI is InChI=1S/C20H22ClF2N3O3/c1-11(24-19(28)29-20(2,3)4)18(27)26-16-6-5-12(21)7-17(16)25-15-9-13(22)8-14(23)10-15/h5-11,25H,1-4H3,(H,24,28)(H,26,27). The quantitative estimate of drug-likeness (QED) is 0.614. The molecular weight excluding hydrogens is 404 g/mol. The molecule has 0 fully saturated rings. The lowest BCUT2D eigenvalue weighted by Gasteiger charge is -2.22. The minimum absolute atomic E-state index is 0.139. The highest BCUT2D eigenvalue weighted by Crippen LogP contribution is 2.29. The van der Waals surface area contributed by atoms with E-state index in [1.807, 2.05) is 0 Å². The summed E-state index contributed by atoms with van der Waals surface area (Å²) >= 11 is 6.00. The SMILES string of the molecule is CC(NC(=O)OC(C)(C)C)C(=O)Nc1ccc(Cl)cc1Nc1cc(F)cc(F)c1. The molecule has 1 unspecified atom stereocenters. The van der Waals surface area contributed by atoms with Crippen LogP contribution < -0.4 is 16.0 Å². The molecule has 0 saturated carbocycles. The predicted molar refractivity (Wildman–Crippen MR) is 109 cm³/mol. The summed E-state index contributed by atoms with van der Waals surface area (Å²) in [6.45, 7) is 6.61. The van der Waals surface area contributed by atoms with E-state index in [2.05, 4.69) is 16.0 Å². The number of anilines is 3. The minimum Gasteiger partial charge on any atom is -0.444 e. The van der Waals surface area contributed by atoms with Crippen LogP contribution in [0, 0.1) is 11.6 Å². The van der Waals surface area contributed by atoms with E-state index in [1.54, 1.807) is 26.8 Å². The van der Waals surface area contributed by atoms with Crippen LogP contribution in [0.2, 0.25) is 5.02 Å². The molecule has 29 heavy (non-hydrogen) atoms. The molecule has 156 valence electrons. The first-order valence-electron chi connectivity index (χ1n) is 8.76. The fourth-order valence-electron chi connectivity index (χ4n) is 2.30. The monoisotopic (exact) mass is 425 g/mol. The van der Waals surface area contributed by atoms with Gasteiger partial charge in [-0.25, -0.2) is 13.6 Å². The Hall–Kier alpha value is -2.87. The number of hydrogen-bond donors (Lipinski definition) is 3. The van der Waals surface area contributed by atoms with Crippen LogP contribution in [-0.2, 0) is 9.53 Å². The van der Waals surface area contributed by atoms with Crippen molar-refractivity contribution in [3.8, 4) is 0 Å². The van der Waals surface area contributed by atoms with Gasteiger partial charge in [0, 0.05) is 16.8 Å². The van der Waals surface area contributed by atoms with Crippen molar-refractivity contribution in [3.63, 3.8) is 0 Å². The van der Waals surface area contributed by atoms with Crippen LogP contribution in [0.15, 0.2) is 36.4 Å². The maximum atomic E-state index is 13.4. The second kappa shape index (κ2) is 9.09. The van der Waals surface area contributed by atoms with E-state index in [4.69, 9.17) is 16.3 Å². The molecule has 9 heteroatoms. The highest BCUT2D eigenvalue weighted by Gasteiger charge is 2.21. The number of carbonyl (C=O) groups excluding carboxylic acids is 2. The summed E-state index contributed by atoms with van der Waals surface area (Å²) < 4.78 is 32.0. The number of hydrogen-bond acceptors (Lipinski definition) is 4. The van der Waals surface area contributed by atoms with Crippen molar-refractivity contribution in [1.29, 1.82) is 0 Å². The molecule has 0 aromatic heterocycles.